The standard InChI is InChI=1S/C9H12N2O3.ClH/c1-14-9(13)5-7(10)6-2-3-11-8(12)4-6;/h2-4,7H,5,10H2,1H3,(H,11,12);1H. The number of nitrogens with two attached hydrogens (primary N) is 1. The van der Waals surface area contributed by atoms with Crippen LogP contribution in [0.25, 0.3) is 0 Å². The molecule has 0 saturated carbocycles. The highest BCUT2D eigenvalue weighted by molar-refractivity contribution is 5.85. The van der Waals surface area contributed by atoms with Crippen molar-refractivity contribution in [1.82, 2.24) is 4.98 Å². The smallest absolute Gasteiger partial charge is 0.307 e. The lowest BCUT2D eigenvalue weighted by atomic mass is 10.1. The maximum Gasteiger partial charge on any atom is 0.307 e. The predicted molar refractivity (Wildman–Crippen MR) is 57.9 cm³/mol. The van der Waals surface area contributed by atoms with Crippen LogP contribution in [0.1, 0.15) is 18.0 Å². The van der Waals surface area contributed by atoms with Crippen molar-refractivity contribution in [3.8, 4) is 0 Å². The molecule has 1 aromatic rings. The lowest BCUT2D eigenvalue weighted by molar-refractivity contribution is -0.141. The summed E-state index contributed by atoms with van der Waals surface area (Å²) in [5.74, 6) is -0.391. The highest BCUT2D eigenvalue weighted by Crippen LogP contribution is 2.11. The fourth-order valence-corrected chi connectivity index (χ4v) is 1.07. The molecule has 0 radical (unpaired) electrons. The Morgan fingerprint density at radius 2 is 2.33 bits per heavy atom. The molecule has 1 heterocycles. The van der Waals surface area contributed by atoms with Crippen LogP contribution < -0.4 is 11.3 Å². The van der Waals surface area contributed by atoms with Gasteiger partial charge in [-0.3, -0.25) is 9.59 Å². The number of aromatic amines is 1. The zero-order valence-electron chi connectivity index (χ0n) is 8.23. The van der Waals surface area contributed by atoms with Gasteiger partial charge in [-0.1, -0.05) is 0 Å². The molecule has 3 N–H and O–H groups in total. The van der Waals surface area contributed by atoms with Gasteiger partial charge in [0.2, 0.25) is 5.56 Å². The van der Waals surface area contributed by atoms with Crippen LogP contribution in [0.5, 0.6) is 0 Å². The Morgan fingerprint density at radius 1 is 1.67 bits per heavy atom. The number of aromatic nitrogens is 1. The number of carbonyl (C=O) groups excluding carboxylic acids is 1. The lowest BCUT2D eigenvalue weighted by Crippen LogP contribution is -2.18. The normalized spacial score (nSPS) is 11.3. The van der Waals surface area contributed by atoms with Crippen molar-refractivity contribution in [2.45, 2.75) is 12.5 Å². The molecule has 1 unspecified atom stereocenters. The summed E-state index contributed by atoms with van der Waals surface area (Å²) < 4.78 is 4.47. The van der Waals surface area contributed by atoms with Gasteiger partial charge in [0.05, 0.1) is 13.5 Å². The minimum Gasteiger partial charge on any atom is -0.469 e. The Labute approximate surface area is 93.0 Å². The molecular weight excluding hydrogens is 220 g/mol. The van der Waals surface area contributed by atoms with Crippen molar-refractivity contribution in [1.29, 1.82) is 0 Å². The summed E-state index contributed by atoms with van der Waals surface area (Å²) in [6.07, 6.45) is 1.56. The topological polar surface area (TPSA) is 85.2 Å². The summed E-state index contributed by atoms with van der Waals surface area (Å²) in [6, 6.07) is 2.53. The molecule has 0 aliphatic rings. The molecule has 0 spiro atoms. The molecular formula is C9H13ClN2O3. The van der Waals surface area contributed by atoms with E-state index in [4.69, 9.17) is 5.73 Å². The molecule has 0 aliphatic carbocycles. The number of methoxy groups -OCH3 is 1. The number of esters is 1. The zero-order valence-corrected chi connectivity index (χ0v) is 9.04. The van der Waals surface area contributed by atoms with Crippen LogP contribution >= 0.6 is 12.4 Å². The molecule has 0 aliphatic heterocycles. The van der Waals surface area contributed by atoms with E-state index in [0.717, 1.165) is 0 Å². The second kappa shape index (κ2) is 6.21. The highest BCUT2D eigenvalue weighted by Gasteiger charge is 2.11. The fourth-order valence-electron chi connectivity index (χ4n) is 1.07. The largest absolute Gasteiger partial charge is 0.469 e. The van der Waals surface area contributed by atoms with Gasteiger partial charge in [-0.25, -0.2) is 0 Å². The number of halogens is 1. The van der Waals surface area contributed by atoms with E-state index < -0.39 is 12.0 Å². The Balaban J connectivity index is 0.00000196. The average molecular weight is 233 g/mol. The van der Waals surface area contributed by atoms with Crippen molar-refractivity contribution in [2.75, 3.05) is 7.11 Å². The van der Waals surface area contributed by atoms with Gasteiger partial charge in [0.1, 0.15) is 0 Å². The minimum atomic E-state index is -0.496. The van der Waals surface area contributed by atoms with E-state index in [1.807, 2.05) is 0 Å². The summed E-state index contributed by atoms with van der Waals surface area (Å²) in [5.41, 5.74) is 6.08. The van der Waals surface area contributed by atoms with E-state index >= 15 is 0 Å². The molecule has 6 heteroatoms. The van der Waals surface area contributed by atoms with Crippen molar-refractivity contribution in [3.05, 3.63) is 34.2 Å². The van der Waals surface area contributed by atoms with Gasteiger partial charge in [-0.05, 0) is 11.6 Å². The van der Waals surface area contributed by atoms with Gasteiger partial charge < -0.3 is 15.5 Å². The Bertz CT molecular complexity index is 378. The second-order valence-electron chi connectivity index (χ2n) is 2.87. The van der Waals surface area contributed by atoms with Gasteiger partial charge in [0, 0.05) is 18.3 Å². The van der Waals surface area contributed by atoms with E-state index in [1.165, 1.54) is 19.4 Å². The van der Waals surface area contributed by atoms with Crippen molar-refractivity contribution in [3.63, 3.8) is 0 Å². The van der Waals surface area contributed by atoms with E-state index in [0.29, 0.717) is 5.56 Å². The predicted octanol–water partition coefficient (Wildman–Crippen LogP) is 0.360. The molecule has 84 valence electrons. The van der Waals surface area contributed by atoms with Gasteiger partial charge >= 0.3 is 5.97 Å². The molecule has 1 rings (SSSR count). The van der Waals surface area contributed by atoms with Crippen molar-refractivity contribution >= 4 is 18.4 Å². The van der Waals surface area contributed by atoms with Crippen molar-refractivity contribution in [2.24, 2.45) is 5.73 Å². The quantitative estimate of drug-likeness (QED) is 0.737. The molecule has 1 aromatic heterocycles. The van der Waals surface area contributed by atoms with Crippen LogP contribution in [0.2, 0.25) is 0 Å². The number of carbonyl (C=O) groups is 1. The first-order chi connectivity index (χ1) is 6.63. The summed E-state index contributed by atoms with van der Waals surface area (Å²) in [4.78, 5) is 24.3. The molecule has 1 atom stereocenters. The summed E-state index contributed by atoms with van der Waals surface area (Å²) >= 11 is 0. The average Bonchev–Trinajstić information content (AvgIpc) is 2.17. The third-order valence-corrected chi connectivity index (χ3v) is 1.84. The number of ether oxygens (including phenoxy) is 1. The highest BCUT2D eigenvalue weighted by atomic mass is 35.5. The molecule has 15 heavy (non-hydrogen) atoms. The van der Waals surface area contributed by atoms with Gasteiger partial charge in [0.15, 0.2) is 0 Å². The molecule has 0 bridgehead atoms. The fraction of sp³-hybridized carbons (Fsp3) is 0.333. The third-order valence-electron chi connectivity index (χ3n) is 1.84. The Kier molecular flexibility index (Phi) is 5.66. The maximum atomic E-state index is 10.9. The number of rotatable bonds is 3. The third kappa shape index (κ3) is 4.14. The SMILES string of the molecule is COC(=O)CC(N)c1cc[nH]c(=O)c1.Cl. The summed E-state index contributed by atoms with van der Waals surface area (Å²) in [6.45, 7) is 0. The van der Waals surface area contributed by atoms with E-state index in [2.05, 4.69) is 9.72 Å². The van der Waals surface area contributed by atoms with Crippen LogP contribution in [0.4, 0.5) is 0 Å². The van der Waals surface area contributed by atoms with Crippen LogP contribution in [0.15, 0.2) is 23.1 Å². The summed E-state index contributed by atoms with van der Waals surface area (Å²) in [5, 5.41) is 0. The van der Waals surface area contributed by atoms with E-state index in [9.17, 15) is 9.59 Å². The van der Waals surface area contributed by atoms with E-state index in [-0.39, 0.29) is 24.4 Å². The molecule has 0 fully saturated rings. The molecule has 0 saturated heterocycles. The Hall–Kier alpha value is -1.33. The number of hydrogen-bond acceptors (Lipinski definition) is 4. The minimum absolute atomic E-state index is 0. The lowest BCUT2D eigenvalue weighted by Gasteiger charge is -2.09. The first kappa shape index (κ1) is 13.7. The second-order valence-corrected chi connectivity index (χ2v) is 2.87. The number of H-pyrrole nitrogens is 1. The van der Waals surface area contributed by atoms with Gasteiger partial charge in [-0.2, -0.15) is 0 Å². The zero-order chi connectivity index (χ0) is 10.6. The van der Waals surface area contributed by atoms with E-state index in [1.54, 1.807) is 6.07 Å². The van der Waals surface area contributed by atoms with Gasteiger partial charge in [-0.15, -0.1) is 12.4 Å². The number of nitrogens with one attached hydrogen (secondary N) is 1. The Morgan fingerprint density at radius 3 is 2.87 bits per heavy atom. The van der Waals surface area contributed by atoms with Crippen LogP contribution in [-0.2, 0) is 9.53 Å². The molecule has 0 amide bonds. The summed E-state index contributed by atoms with van der Waals surface area (Å²) in [7, 11) is 1.30. The first-order valence-corrected chi connectivity index (χ1v) is 4.14. The number of hydrogen-bond donors (Lipinski definition) is 2. The first-order valence-electron chi connectivity index (χ1n) is 4.14. The molecule has 5 nitrogen and oxygen atoms in total. The van der Waals surface area contributed by atoms with Crippen LogP contribution in [0.3, 0.4) is 0 Å². The van der Waals surface area contributed by atoms with Crippen molar-refractivity contribution < 1.29 is 9.53 Å². The monoisotopic (exact) mass is 232 g/mol. The van der Waals surface area contributed by atoms with Gasteiger partial charge in [0.25, 0.3) is 0 Å². The van der Waals surface area contributed by atoms with Crippen LogP contribution in [0, 0.1) is 0 Å². The number of pyridine rings is 1. The maximum absolute atomic E-state index is 10.9. The van der Waals surface area contributed by atoms with Crippen LogP contribution in [-0.4, -0.2) is 18.1 Å². The molecule has 0 aromatic carbocycles.